The average Bonchev–Trinajstić information content (AvgIpc) is 3.01. The number of methoxy groups -OCH3 is 1. The largest absolute Gasteiger partial charge is 0.481 e. The summed E-state index contributed by atoms with van der Waals surface area (Å²) in [5, 5.41) is 6.53. The van der Waals surface area contributed by atoms with Gasteiger partial charge in [-0.15, -0.1) is 24.0 Å². The summed E-state index contributed by atoms with van der Waals surface area (Å²) < 4.78 is 5.24. The molecule has 7 nitrogen and oxygen atoms in total. The van der Waals surface area contributed by atoms with Gasteiger partial charge in [0.25, 0.3) is 0 Å². The van der Waals surface area contributed by atoms with E-state index in [9.17, 15) is 4.79 Å². The fourth-order valence-electron chi connectivity index (χ4n) is 2.65. The molecule has 1 aromatic heterocycles. The molecule has 0 saturated carbocycles. The molecular formula is C17H28IN5O2. The van der Waals surface area contributed by atoms with Crippen molar-refractivity contribution in [3.8, 4) is 5.88 Å². The van der Waals surface area contributed by atoms with E-state index in [1.807, 2.05) is 24.0 Å². The van der Waals surface area contributed by atoms with E-state index >= 15 is 0 Å². The summed E-state index contributed by atoms with van der Waals surface area (Å²) >= 11 is 0. The molecule has 140 valence electrons. The number of hydrogen-bond donors (Lipinski definition) is 2. The van der Waals surface area contributed by atoms with Crippen LogP contribution in [0.3, 0.4) is 0 Å². The third kappa shape index (κ3) is 7.05. The second-order valence-corrected chi connectivity index (χ2v) is 5.63. The Morgan fingerprint density at radius 2 is 2.28 bits per heavy atom. The lowest BCUT2D eigenvalue weighted by molar-refractivity contribution is -0.127. The van der Waals surface area contributed by atoms with Crippen LogP contribution in [0.1, 0.15) is 31.7 Å². The monoisotopic (exact) mass is 461 g/mol. The van der Waals surface area contributed by atoms with E-state index in [0.29, 0.717) is 18.8 Å². The van der Waals surface area contributed by atoms with Crippen LogP contribution in [0.25, 0.3) is 0 Å². The van der Waals surface area contributed by atoms with Crippen LogP contribution in [0.4, 0.5) is 0 Å². The van der Waals surface area contributed by atoms with Crippen LogP contribution in [-0.4, -0.2) is 55.0 Å². The van der Waals surface area contributed by atoms with Crippen molar-refractivity contribution < 1.29 is 9.53 Å². The molecule has 8 heteroatoms. The molecular weight excluding hydrogens is 433 g/mol. The van der Waals surface area contributed by atoms with E-state index in [1.165, 1.54) is 0 Å². The zero-order valence-electron chi connectivity index (χ0n) is 15.0. The van der Waals surface area contributed by atoms with Gasteiger partial charge < -0.3 is 20.3 Å². The van der Waals surface area contributed by atoms with Gasteiger partial charge in [0.2, 0.25) is 11.8 Å². The van der Waals surface area contributed by atoms with Crippen molar-refractivity contribution in [2.45, 2.75) is 32.7 Å². The lowest BCUT2D eigenvalue weighted by atomic mass is 10.3. The first-order chi connectivity index (χ1) is 11.7. The second-order valence-electron chi connectivity index (χ2n) is 5.63. The van der Waals surface area contributed by atoms with E-state index in [1.54, 1.807) is 13.3 Å². The molecule has 1 aliphatic heterocycles. The predicted octanol–water partition coefficient (Wildman–Crippen LogP) is 1.78. The molecule has 2 N–H and O–H groups in total. The van der Waals surface area contributed by atoms with E-state index in [-0.39, 0.29) is 29.9 Å². The van der Waals surface area contributed by atoms with Crippen molar-refractivity contribution >= 4 is 35.8 Å². The summed E-state index contributed by atoms with van der Waals surface area (Å²) in [6.07, 6.45) is 4.30. The number of likely N-dealkylation sites (tertiary alicyclic amines) is 1. The lowest BCUT2D eigenvalue weighted by Gasteiger charge is -2.16. The van der Waals surface area contributed by atoms with E-state index in [4.69, 9.17) is 4.74 Å². The number of hydrogen-bond acceptors (Lipinski definition) is 4. The van der Waals surface area contributed by atoms with Gasteiger partial charge in [-0.1, -0.05) is 6.07 Å². The highest BCUT2D eigenvalue weighted by Crippen LogP contribution is 2.14. The molecule has 0 spiro atoms. The summed E-state index contributed by atoms with van der Waals surface area (Å²) in [5.74, 6) is 1.64. The smallest absolute Gasteiger partial charge is 0.222 e. The molecule has 0 aromatic carbocycles. The third-order valence-corrected chi connectivity index (χ3v) is 3.86. The fourth-order valence-corrected chi connectivity index (χ4v) is 2.65. The molecule has 1 aliphatic rings. The van der Waals surface area contributed by atoms with Crippen molar-refractivity contribution in [2.75, 3.05) is 33.3 Å². The number of halogens is 1. The minimum absolute atomic E-state index is 0. The maximum atomic E-state index is 11.6. The standard InChI is InChI=1S/C17H27N5O2.HI/c1-3-18-17(20-10-6-12-22-11-5-8-15(22)23)21-13-14-7-4-9-19-16(14)24-2;/h4,7,9H,3,5-6,8,10-13H2,1-2H3,(H2,18,20,21);1H. The highest BCUT2D eigenvalue weighted by Gasteiger charge is 2.18. The van der Waals surface area contributed by atoms with Gasteiger partial charge in [-0.2, -0.15) is 0 Å². The number of aromatic nitrogens is 1. The number of nitrogens with one attached hydrogen (secondary N) is 2. The molecule has 1 saturated heterocycles. The highest BCUT2D eigenvalue weighted by atomic mass is 127. The Morgan fingerprint density at radius 3 is 2.96 bits per heavy atom. The zero-order chi connectivity index (χ0) is 17.2. The maximum absolute atomic E-state index is 11.6. The Morgan fingerprint density at radius 1 is 1.44 bits per heavy atom. The van der Waals surface area contributed by atoms with E-state index in [2.05, 4.69) is 20.6 Å². The Kier molecular flexibility index (Phi) is 10.2. The number of carbonyl (C=O) groups excluding carboxylic acids is 1. The van der Waals surface area contributed by atoms with Crippen LogP contribution in [0, 0.1) is 0 Å². The number of pyridine rings is 1. The van der Waals surface area contributed by atoms with Gasteiger partial charge in [0.15, 0.2) is 5.96 Å². The van der Waals surface area contributed by atoms with Gasteiger partial charge in [0, 0.05) is 44.4 Å². The number of ether oxygens (including phenoxy) is 1. The summed E-state index contributed by atoms with van der Waals surface area (Å²) in [4.78, 5) is 22.3. The van der Waals surface area contributed by atoms with Crippen LogP contribution >= 0.6 is 24.0 Å². The summed E-state index contributed by atoms with van der Waals surface area (Å²) in [6.45, 7) is 5.80. The molecule has 0 atom stereocenters. The van der Waals surface area contributed by atoms with Crippen molar-refractivity contribution in [2.24, 2.45) is 4.99 Å². The summed E-state index contributed by atoms with van der Waals surface area (Å²) in [5.41, 5.74) is 0.944. The van der Waals surface area contributed by atoms with Crippen LogP contribution in [-0.2, 0) is 11.3 Å². The molecule has 2 heterocycles. The maximum Gasteiger partial charge on any atom is 0.222 e. The predicted molar refractivity (Wildman–Crippen MR) is 109 cm³/mol. The fraction of sp³-hybridized carbons (Fsp3) is 0.588. The lowest BCUT2D eigenvalue weighted by Crippen LogP contribution is -2.39. The van der Waals surface area contributed by atoms with Crippen molar-refractivity contribution in [3.05, 3.63) is 23.9 Å². The number of rotatable bonds is 8. The van der Waals surface area contributed by atoms with Crippen LogP contribution < -0.4 is 15.4 Å². The first-order valence-electron chi connectivity index (χ1n) is 8.52. The number of guanidine groups is 1. The molecule has 1 amide bonds. The Balaban J connectivity index is 0.00000312. The van der Waals surface area contributed by atoms with Gasteiger partial charge in [-0.25, -0.2) is 9.98 Å². The van der Waals surface area contributed by atoms with Crippen LogP contribution in [0.5, 0.6) is 5.88 Å². The van der Waals surface area contributed by atoms with Crippen LogP contribution in [0.15, 0.2) is 23.3 Å². The Labute approximate surface area is 166 Å². The molecule has 25 heavy (non-hydrogen) atoms. The molecule has 1 fully saturated rings. The quantitative estimate of drug-likeness (QED) is 0.267. The van der Waals surface area contributed by atoms with Gasteiger partial charge in [0.05, 0.1) is 13.7 Å². The normalized spacial score (nSPS) is 14.2. The van der Waals surface area contributed by atoms with Crippen molar-refractivity contribution in [3.63, 3.8) is 0 Å². The van der Waals surface area contributed by atoms with Crippen molar-refractivity contribution in [1.82, 2.24) is 20.5 Å². The number of aliphatic imine (C=N–C) groups is 1. The Bertz CT molecular complexity index is 568. The first-order valence-corrected chi connectivity index (χ1v) is 8.52. The highest BCUT2D eigenvalue weighted by molar-refractivity contribution is 14.0. The molecule has 0 radical (unpaired) electrons. The molecule has 2 rings (SSSR count). The average molecular weight is 461 g/mol. The summed E-state index contributed by atoms with van der Waals surface area (Å²) in [6, 6.07) is 3.83. The van der Waals surface area contributed by atoms with Gasteiger partial charge in [-0.05, 0) is 25.8 Å². The molecule has 0 aliphatic carbocycles. The summed E-state index contributed by atoms with van der Waals surface area (Å²) in [7, 11) is 1.61. The molecule has 0 bridgehead atoms. The van der Waals surface area contributed by atoms with Gasteiger partial charge in [-0.3, -0.25) is 4.79 Å². The molecule has 0 unspecified atom stereocenters. The second kappa shape index (κ2) is 11.9. The number of nitrogens with zero attached hydrogens (tertiary/aromatic N) is 3. The number of amides is 1. The van der Waals surface area contributed by atoms with Gasteiger partial charge >= 0.3 is 0 Å². The first kappa shape index (κ1) is 21.5. The topological polar surface area (TPSA) is 78.9 Å². The Hall–Kier alpha value is -1.58. The zero-order valence-corrected chi connectivity index (χ0v) is 17.3. The van der Waals surface area contributed by atoms with E-state index < -0.39 is 0 Å². The van der Waals surface area contributed by atoms with Crippen LogP contribution in [0.2, 0.25) is 0 Å². The third-order valence-electron chi connectivity index (χ3n) is 3.86. The van der Waals surface area contributed by atoms with E-state index in [0.717, 1.165) is 50.5 Å². The minimum atomic E-state index is 0. The van der Waals surface area contributed by atoms with Crippen molar-refractivity contribution in [1.29, 1.82) is 0 Å². The molecule has 1 aromatic rings. The minimum Gasteiger partial charge on any atom is -0.481 e. The SMILES string of the molecule is CCNC(=NCc1cccnc1OC)NCCCN1CCCC1=O.I. The van der Waals surface area contributed by atoms with Gasteiger partial charge in [0.1, 0.15) is 0 Å². The number of carbonyl (C=O) groups is 1.